The average molecular weight is 307 g/mol. The normalized spacial score (nSPS) is 11.5. The lowest BCUT2D eigenvalue weighted by atomic mass is 9.98. The average Bonchev–Trinajstić information content (AvgIpc) is 2.61. The van der Waals surface area contributed by atoms with Gasteiger partial charge in [-0.05, 0) is 24.5 Å². The highest BCUT2D eigenvalue weighted by molar-refractivity contribution is 5.93. The van der Waals surface area contributed by atoms with Gasteiger partial charge in [0.1, 0.15) is 0 Å². The molecule has 0 fully saturated rings. The Morgan fingerprint density at radius 3 is 2.00 bits per heavy atom. The molecule has 0 spiro atoms. The fourth-order valence-electron chi connectivity index (χ4n) is 2.51. The van der Waals surface area contributed by atoms with Crippen molar-refractivity contribution in [3.63, 3.8) is 0 Å². The van der Waals surface area contributed by atoms with E-state index in [9.17, 15) is 4.79 Å². The van der Waals surface area contributed by atoms with Crippen LogP contribution in [-0.2, 0) is 4.79 Å². The highest BCUT2D eigenvalue weighted by Crippen LogP contribution is 2.22. The van der Waals surface area contributed by atoms with Gasteiger partial charge >= 0.3 is 0 Å². The Morgan fingerprint density at radius 1 is 1.00 bits per heavy atom. The first-order valence-corrected chi connectivity index (χ1v) is 8.30. The minimum Gasteiger partial charge on any atom is -0.341 e. The third-order valence-corrected chi connectivity index (χ3v) is 3.91. The maximum atomic E-state index is 12.5. The second kappa shape index (κ2) is 8.94. The summed E-state index contributed by atoms with van der Waals surface area (Å²) in [5.41, 5.74) is 2.97. The van der Waals surface area contributed by atoms with Gasteiger partial charge in [0.2, 0.25) is 5.91 Å². The van der Waals surface area contributed by atoms with Gasteiger partial charge in [-0.25, -0.2) is 0 Å². The van der Waals surface area contributed by atoms with Gasteiger partial charge in [-0.2, -0.15) is 0 Å². The zero-order valence-corrected chi connectivity index (χ0v) is 14.0. The van der Waals surface area contributed by atoms with Crippen LogP contribution in [-0.4, -0.2) is 5.91 Å². The number of allylic oxidation sites excluding steroid dienone is 1. The fraction of sp³-hybridized carbons (Fsp3) is 0.286. The standard InChI is InChI=1S/C21H25NO/c1-3-4-7-12-17(2)21(23)22-20(18-13-8-5-9-14-18)19-15-10-6-11-16-19/h5-6,8-16,20H,3-4,7H2,1-2H3,(H,22,23). The van der Waals surface area contributed by atoms with Crippen LogP contribution < -0.4 is 5.32 Å². The van der Waals surface area contributed by atoms with Gasteiger partial charge in [-0.1, -0.05) is 86.5 Å². The summed E-state index contributed by atoms with van der Waals surface area (Å²) in [5, 5.41) is 3.17. The van der Waals surface area contributed by atoms with Crippen molar-refractivity contribution in [3.8, 4) is 0 Å². The highest BCUT2D eigenvalue weighted by Gasteiger charge is 2.17. The molecule has 0 heterocycles. The Hall–Kier alpha value is -2.35. The van der Waals surface area contributed by atoms with Gasteiger partial charge in [0.25, 0.3) is 0 Å². The molecule has 0 bridgehead atoms. The summed E-state index contributed by atoms with van der Waals surface area (Å²) in [6, 6.07) is 20.1. The number of amides is 1. The van der Waals surface area contributed by atoms with E-state index in [0.29, 0.717) is 0 Å². The molecule has 0 atom stereocenters. The fourth-order valence-corrected chi connectivity index (χ4v) is 2.51. The summed E-state index contributed by atoms with van der Waals surface area (Å²) in [7, 11) is 0. The van der Waals surface area contributed by atoms with Gasteiger partial charge in [0.15, 0.2) is 0 Å². The van der Waals surface area contributed by atoms with Crippen LogP contribution in [0.4, 0.5) is 0 Å². The summed E-state index contributed by atoms with van der Waals surface area (Å²) in [6.45, 7) is 4.04. The quantitative estimate of drug-likeness (QED) is 0.564. The van der Waals surface area contributed by atoms with Crippen LogP contribution in [0.5, 0.6) is 0 Å². The lowest BCUT2D eigenvalue weighted by Crippen LogP contribution is -2.29. The zero-order chi connectivity index (χ0) is 16.5. The summed E-state index contributed by atoms with van der Waals surface area (Å²) >= 11 is 0. The molecular formula is C21H25NO. The third-order valence-electron chi connectivity index (χ3n) is 3.91. The molecule has 2 aromatic rings. The number of hydrogen-bond acceptors (Lipinski definition) is 1. The van der Waals surface area contributed by atoms with Crippen LogP contribution in [0.1, 0.15) is 50.3 Å². The number of unbranched alkanes of at least 4 members (excludes halogenated alkanes) is 2. The van der Waals surface area contributed by atoms with Crippen molar-refractivity contribution in [1.29, 1.82) is 0 Å². The van der Waals surface area contributed by atoms with E-state index in [4.69, 9.17) is 0 Å². The summed E-state index contributed by atoms with van der Waals surface area (Å²) in [6.07, 6.45) is 5.25. The Bertz CT molecular complexity index is 592. The summed E-state index contributed by atoms with van der Waals surface area (Å²) < 4.78 is 0. The molecule has 0 aromatic heterocycles. The molecular weight excluding hydrogens is 282 g/mol. The van der Waals surface area contributed by atoms with Crippen molar-refractivity contribution in [2.45, 2.75) is 39.2 Å². The van der Waals surface area contributed by atoms with Gasteiger partial charge in [-0.3, -0.25) is 4.79 Å². The van der Waals surface area contributed by atoms with E-state index in [-0.39, 0.29) is 11.9 Å². The maximum absolute atomic E-state index is 12.5. The molecule has 2 rings (SSSR count). The van der Waals surface area contributed by atoms with Gasteiger partial charge < -0.3 is 5.32 Å². The SMILES string of the molecule is CCCCC=C(C)C(=O)NC(c1ccccc1)c1ccccc1. The van der Waals surface area contributed by atoms with Crippen LogP contribution in [0.15, 0.2) is 72.3 Å². The largest absolute Gasteiger partial charge is 0.341 e. The molecule has 2 heteroatoms. The lowest BCUT2D eigenvalue weighted by Gasteiger charge is -2.20. The topological polar surface area (TPSA) is 29.1 Å². The number of carbonyl (C=O) groups excluding carboxylic acids is 1. The maximum Gasteiger partial charge on any atom is 0.247 e. The summed E-state index contributed by atoms with van der Waals surface area (Å²) in [4.78, 5) is 12.5. The van der Waals surface area contributed by atoms with Gasteiger partial charge in [0, 0.05) is 5.57 Å². The molecule has 23 heavy (non-hydrogen) atoms. The number of rotatable bonds is 7. The Kier molecular flexibility index (Phi) is 6.61. The minimum atomic E-state index is -0.126. The molecule has 2 aromatic carbocycles. The third kappa shape index (κ3) is 5.10. The molecule has 0 saturated carbocycles. The van der Waals surface area contributed by atoms with Gasteiger partial charge in [-0.15, -0.1) is 0 Å². The van der Waals surface area contributed by atoms with E-state index in [1.165, 1.54) is 0 Å². The Balaban J connectivity index is 2.19. The molecule has 2 nitrogen and oxygen atoms in total. The molecule has 120 valence electrons. The van der Waals surface area contributed by atoms with E-state index in [1.807, 2.05) is 73.7 Å². The van der Waals surface area contributed by atoms with E-state index in [0.717, 1.165) is 36.0 Å². The first-order valence-electron chi connectivity index (χ1n) is 8.30. The van der Waals surface area contributed by atoms with E-state index in [1.54, 1.807) is 0 Å². The molecule has 0 unspecified atom stereocenters. The number of nitrogens with one attached hydrogen (secondary N) is 1. The minimum absolute atomic E-state index is 0.00110. The second-order valence-electron chi connectivity index (χ2n) is 5.76. The highest BCUT2D eigenvalue weighted by atomic mass is 16.1. The van der Waals surface area contributed by atoms with Crippen molar-refractivity contribution in [2.24, 2.45) is 0 Å². The molecule has 0 aliphatic heterocycles. The monoisotopic (exact) mass is 307 g/mol. The van der Waals surface area contributed by atoms with E-state index < -0.39 is 0 Å². The van der Waals surface area contributed by atoms with Crippen molar-refractivity contribution >= 4 is 5.91 Å². The molecule has 0 radical (unpaired) electrons. The number of benzene rings is 2. The molecule has 0 aliphatic carbocycles. The van der Waals surface area contributed by atoms with Crippen LogP contribution in [0.25, 0.3) is 0 Å². The van der Waals surface area contributed by atoms with Crippen molar-refractivity contribution in [2.75, 3.05) is 0 Å². The predicted octanol–water partition coefficient (Wildman–Crippen LogP) is 5.03. The zero-order valence-electron chi connectivity index (χ0n) is 14.0. The molecule has 1 amide bonds. The van der Waals surface area contributed by atoms with E-state index >= 15 is 0 Å². The predicted molar refractivity (Wildman–Crippen MR) is 96.2 cm³/mol. The van der Waals surface area contributed by atoms with Crippen molar-refractivity contribution in [1.82, 2.24) is 5.32 Å². The van der Waals surface area contributed by atoms with Crippen molar-refractivity contribution in [3.05, 3.63) is 83.4 Å². The smallest absolute Gasteiger partial charge is 0.247 e. The first kappa shape index (κ1) is 17.0. The molecule has 0 aliphatic rings. The Morgan fingerprint density at radius 2 is 1.52 bits per heavy atom. The Labute approximate surface area is 139 Å². The van der Waals surface area contributed by atoms with Crippen LogP contribution in [0.2, 0.25) is 0 Å². The first-order chi connectivity index (χ1) is 11.2. The summed E-state index contributed by atoms with van der Waals surface area (Å²) in [5.74, 6) is -0.00110. The van der Waals surface area contributed by atoms with Crippen LogP contribution >= 0.6 is 0 Å². The molecule has 1 N–H and O–H groups in total. The number of carbonyl (C=O) groups is 1. The second-order valence-corrected chi connectivity index (χ2v) is 5.76. The van der Waals surface area contributed by atoms with Crippen molar-refractivity contribution < 1.29 is 4.79 Å². The van der Waals surface area contributed by atoms with Gasteiger partial charge in [0.05, 0.1) is 6.04 Å². The van der Waals surface area contributed by atoms with Crippen LogP contribution in [0, 0.1) is 0 Å². The number of hydrogen-bond donors (Lipinski definition) is 1. The van der Waals surface area contributed by atoms with Crippen LogP contribution in [0.3, 0.4) is 0 Å². The molecule has 0 saturated heterocycles. The lowest BCUT2D eigenvalue weighted by molar-refractivity contribution is -0.117. The van der Waals surface area contributed by atoms with E-state index in [2.05, 4.69) is 12.2 Å².